The van der Waals surface area contributed by atoms with Gasteiger partial charge in [-0.2, -0.15) is 0 Å². The first-order chi connectivity index (χ1) is 10.2. The summed E-state index contributed by atoms with van der Waals surface area (Å²) < 4.78 is 18.8. The van der Waals surface area contributed by atoms with E-state index in [2.05, 4.69) is 5.16 Å². The molecule has 3 rings (SSSR count). The number of halogens is 1. The molecule has 0 amide bonds. The molecule has 0 bridgehead atoms. The van der Waals surface area contributed by atoms with E-state index in [1.165, 1.54) is 44.2 Å². The molecule has 1 aromatic carbocycles. The van der Waals surface area contributed by atoms with Gasteiger partial charge < -0.3 is 10.3 Å². The van der Waals surface area contributed by atoms with Crippen LogP contribution in [0.25, 0.3) is 11.1 Å². The van der Waals surface area contributed by atoms with Gasteiger partial charge in [0.2, 0.25) is 0 Å². The second-order valence-corrected chi connectivity index (χ2v) is 5.92. The van der Waals surface area contributed by atoms with Crippen LogP contribution >= 0.6 is 0 Å². The van der Waals surface area contributed by atoms with E-state index >= 15 is 0 Å². The molecule has 0 atom stereocenters. The molecule has 4 heteroatoms. The monoisotopic (exact) mass is 288 g/mol. The SMILES string of the molecule is Nc1noc(CCC2CCCCC2)c1-c1cccc(F)c1. The Morgan fingerprint density at radius 1 is 1.24 bits per heavy atom. The summed E-state index contributed by atoms with van der Waals surface area (Å²) in [5.74, 6) is 1.62. The highest BCUT2D eigenvalue weighted by Crippen LogP contribution is 2.33. The number of benzene rings is 1. The van der Waals surface area contributed by atoms with Crippen LogP contribution in [0.1, 0.15) is 44.3 Å². The Bertz CT molecular complexity index is 603. The first kappa shape index (κ1) is 14.1. The second kappa shape index (κ2) is 6.29. The van der Waals surface area contributed by atoms with Crippen LogP contribution < -0.4 is 5.73 Å². The summed E-state index contributed by atoms with van der Waals surface area (Å²) in [5, 5.41) is 3.87. The predicted octanol–water partition coefficient (Wildman–Crippen LogP) is 4.58. The van der Waals surface area contributed by atoms with Gasteiger partial charge in [0.25, 0.3) is 0 Å². The molecular formula is C17H21FN2O. The zero-order valence-electron chi connectivity index (χ0n) is 12.1. The number of nitrogen functional groups attached to an aromatic ring is 1. The van der Waals surface area contributed by atoms with E-state index in [0.717, 1.165) is 35.6 Å². The Kier molecular flexibility index (Phi) is 4.23. The molecule has 0 spiro atoms. The van der Waals surface area contributed by atoms with Gasteiger partial charge in [0, 0.05) is 6.42 Å². The van der Waals surface area contributed by atoms with E-state index in [1.807, 2.05) is 6.07 Å². The lowest BCUT2D eigenvalue weighted by atomic mass is 9.85. The summed E-state index contributed by atoms with van der Waals surface area (Å²) in [7, 11) is 0. The summed E-state index contributed by atoms with van der Waals surface area (Å²) in [6.45, 7) is 0. The van der Waals surface area contributed by atoms with Crippen LogP contribution in [0.4, 0.5) is 10.2 Å². The van der Waals surface area contributed by atoms with Crippen LogP contribution in [-0.4, -0.2) is 5.16 Å². The van der Waals surface area contributed by atoms with Gasteiger partial charge in [0.1, 0.15) is 11.6 Å². The predicted molar refractivity (Wildman–Crippen MR) is 81.2 cm³/mol. The first-order valence-electron chi connectivity index (χ1n) is 7.74. The summed E-state index contributed by atoms with van der Waals surface area (Å²) >= 11 is 0. The summed E-state index contributed by atoms with van der Waals surface area (Å²) in [6, 6.07) is 6.43. The number of hydrogen-bond acceptors (Lipinski definition) is 3. The fraction of sp³-hybridized carbons (Fsp3) is 0.471. The van der Waals surface area contributed by atoms with Crippen molar-refractivity contribution < 1.29 is 8.91 Å². The van der Waals surface area contributed by atoms with Crippen LogP contribution in [0, 0.1) is 11.7 Å². The molecule has 112 valence electrons. The van der Waals surface area contributed by atoms with Crippen LogP contribution in [-0.2, 0) is 6.42 Å². The molecule has 2 N–H and O–H groups in total. The zero-order chi connectivity index (χ0) is 14.7. The molecule has 21 heavy (non-hydrogen) atoms. The van der Waals surface area contributed by atoms with Crippen LogP contribution in [0.5, 0.6) is 0 Å². The largest absolute Gasteiger partial charge is 0.380 e. The van der Waals surface area contributed by atoms with Crippen molar-refractivity contribution in [1.29, 1.82) is 0 Å². The van der Waals surface area contributed by atoms with E-state index in [0.29, 0.717) is 5.82 Å². The molecule has 1 fully saturated rings. The topological polar surface area (TPSA) is 52.0 Å². The second-order valence-electron chi connectivity index (χ2n) is 5.92. The highest BCUT2D eigenvalue weighted by molar-refractivity contribution is 5.75. The van der Waals surface area contributed by atoms with E-state index in [-0.39, 0.29) is 5.82 Å². The standard InChI is InChI=1S/C17H21FN2O/c18-14-8-4-7-13(11-14)16-15(21-20-17(16)19)10-9-12-5-2-1-3-6-12/h4,7-8,11-12H,1-3,5-6,9-10H2,(H2,19,20). The summed E-state index contributed by atoms with van der Waals surface area (Å²) in [6.07, 6.45) is 8.55. The summed E-state index contributed by atoms with van der Waals surface area (Å²) in [5.41, 5.74) is 7.40. The van der Waals surface area contributed by atoms with E-state index < -0.39 is 0 Å². The first-order valence-corrected chi connectivity index (χ1v) is 7.74. The minimum atomic E-state index is -0.272. The maximum absolute atomic E-state index is 13.4. The highest BCUT2D eigenvalue weighted by atomic mass is 19.1. The Morgan fingerprint density at radius 2 is 2.05 bits per heavy atom. The minimum absolute atomic E-state index is 0.272. The third-order valence-electron chi connectivity index (χ3n) is 4.41. The van der Waals surface area contributed by atoms with Gasteiger partial charge in [-0.25, -0.2) is 4.39 Å². The van der Waals surface area contributed by atoms with Gasteiger partial charge in [-0.15, -0.1) is 0 Å². The van der Waals surface area contributed by atoms with Gasteiger partial charge in [-0.05, 0) is 30.0 Å². The van der Waals surface area contributed by atoms with Gasteiger partial charge >= 0.3 is 0 Å². The maximum Gasteiger partial charge on any atom is 0.175 e. The Balaban J connectivity index is 1.77. The van der Waals surface area contributed by atoms with Gasteiger partial charge in [0.05, 0.1) is 5.56 Å². The molecule has 3 nitrogen and oxygen atoms in total. The van der Waals surface area contributed by atoms with Crippen molar-refractivity contribution in [3.8, 4) is 11.1 Å². The molecule has 0 radical (unpaired) electrons. The van der Waals surface area contributed by atoms with Crippen molar-refractivity contribution in [2.24, 2.45) is 5.92 Å². The van der Waals surface area contributed by atoms with Crippen molar-refractivity contribution in [3.05, 3.63) is 35.8 Å². The third-order valence-corrected chi connectivity index (χ3v) is 4.41. The maximum atomic E-state index is 13.4. The Morgan fingerprint density at radius 3 is 2.81 bits per heavy atom. The Hall–Kier alpha value is -1.84. The van der Waals surface area contributed by atoms with Crippen molar-refractivity contribution in [2.75, 3.05) is 5.73 Å². The zero-order valence-corrected chi connectivity index (χ0v) is 12.1. The van der Waals surface area contributed by atoms with Crippen molar-refractivity contribution in [1.82, 2.24) is 5.16 Å². The number of nitrogens with zero attached hydrogens (tertiary/aromatic N) is 1. The lowest BCUT2D eigenvalue weighted by Gasteiger charge is -2.20. The number of aryl methyl sites for hydroxylation is 1. The molecule has 1 aliphatic rings. The molecule has 0 aliphatic heterocycles. The van der Waals surface area contributed by atoms with Crippen LogP contribution in [0.15, 0.2) is 28.8 Å². The number of anilines is 1. The summed E-state index contributed by atoms with van der Waals surface area (Å²) in [4.78, 5) is 0. The van der Waals surface area contributed by atoms with Crippen LogP contribution in [0.3, 0.4) is 0 Å². The van der Waals surface area contributed by atoms with Crippen molar-refractivity contribution >= 4 is 5.82 Å². The van der Waals surface area contributed by atoms with Crippen molar-refractivity contribution in [3.63, 3.8) is 0 Å². The van der Waals surface area contributed by atoms with Crippen LogP contribution in [0.2, 0.25) is 0 Å². The third kappa shape index (κ3) is 3.26. The molecule has 1 heterocycles. The molecule has 1 aromatic heterocycles. The quantitative estimate of drug-likeness (QED) is 0.896. The molecule has 0 unspecified atom stereocenters. The fourth-order valence-electron chi connectivity index (χ4n) is 3.27. The van der Waals surface area contributed by atoms with Gasteiger partial charge in [0.15, 0.2) is 5.82 Å². The van der Waals surface area contributed by atoms with Gasteiger partial charge in [-0.1, -0.05) is 49.4 Å². The molecule has 1 saturated carbocycles. The van der Waals surface area contributed by atoms with E-state index in [4.69, 9.17) is 10.3 Å². The minimum Gasteiger partial charge on any atom is -0.380 e. The fourth-order valence-corrected chi connectivity index (χ4v) is 3.27. The lowest BCUT2D eigenvalue weighted by molar-refractivity contribution is 0.318. The number of aromatic nitrogens is 1. The Labute approximate surface area is 124 Å². The smallest absolute Gasteiger partial charge is 0.175 e. The number of hydrogen-bond donors (Lipinski definition) is 1. The molecule has 1 aliphatic carbocycles. The molecule has 0 saturated heterocycles. The van der Waals surface area contributed by atoms with E-state index in [9.17, 15) is 4.39 Å². The number of nitrogens with two attached hydrogens (primary N) is 1. The van der Waals surface area contributed by atoms with Gasteiger partial charge in [-0.3, -0.25) is 0 Å². The lowest BCUT2D eigenvalue weighted by Crippen LogP contribution is -2.07. The highest BCUT2D eigenvalue weighted by Gasteiger charge is 2.19. The molecular weight excluding hydrogens is 267 g/mol. The number of rotatable bonds is 4. The average Bonchev–Trinajstić information content (AvgIpc) is 2.87. The molecule has 2 aromatic rings. The van der Waals surface area contributed by atoms with Crippen molar-refractivity contribution in [2.45, 2.75) is 44.9 Å². The normalized spacial score (nSPS) is 16.2. The van der Waals surface area contributed by atoms with E-state index in [1.54, 1.807) is 6.07 Å². The average molecular weight is 288 g/mol.